The first-order valence-corrected chi connectivity index (χ1v) is 10.1. The molecule has 35 heavy (non-hydrogen) atoms. The summed E-state index contributed by atoms with van der Waals surface area (Å²) in [4.78, 5) is 24.0. The van der Waals surface area contributed by atoms with Crippen LogP contribution in [-0.4, -0.2) is 30.6 Å². The number of benzene rings is 1. The first-order chi connectivity index (χ1) is 16.5. The van der Waals surface area contributed by atoms with Gasteiger partial charge in [-0.05, 0) is 30.7 Å². The van der Waals surface area contributed by atoms with Crippen molar-refractivity contribution in [3.05, 3.63) is 76.7 Å². The Kier molecular flexibility index (Phi) is 6.26. The second kappa shape index (κ2) is 9.18. The summed E-state index contributed by atoms with van der Waals surface area (Å²) in [6, 6.07) is 6.09. The van der Waals surface area contributed by atoms with Crippen LogP contribution in [0.2, 0.25) is 5.02 Å². The summed E-state index contributed by atoms with van der Waals surface area (Å²) in [6.07, 6.45) is -1.74. The Morgan fingerprint density at radius 1 is 1.14 bits per heavy atom. The Hall–Kier alpha value is -4.26. The average Bonchev–Trinajstić information content (AvgIpc) is 3.25. The van der Waals surface area contributed by atoms with Gasteiger partial charge in [-0.3, -0.25) is 4.79 Å². The quantitative estimate of drug-likeness (QED) is 0.372. The van der Waals surface area contributed by atoms with Crippen molar-refractivity contribution in [2.24, 2.45) is 0 Å². The zero-order valence-corrected chi connectivity index (χ0v) is 18.4. The molecule has 3 N–H and O–H groups in total. The van der Waals surface area contributed by atoms with E-state index in [1.165, 1.54) is 18.3 Å². The maximum absolute atomic E-state index is 14.5. The number of aryl methyl sites for hydroxylation is 1. The number of nitrogen functional groups attached to an aromatic ring is 1. The minimum atomic E-state index is -4.93. The van der Waals surface area contributed by atoms with Crippen molar-refractivity contribution in [3.63, 3.8) is 0 Å². The molecular formula is C21H14ClF4N7O2. The van der Waals surface area contributed by atoms with Gasteiger partial charge in [-0.2, -0.15) is 23.3 Å². The van der Waals surface area contributed by atoms with E-state index in [0.29, 0.717) is 4.68 Å². The molecule has 180 valence electrons. The van der Waals surface area contributed by atoms with Crippen molar-refractivity contribution in [3.8, 4) is 17.4 Å². The lowest BCUT2D eigenvalue weighted by molar-refractivity contribution is -0.143. The van der Waals surface area contributed by atoms with Gasteiger partial charge in [0.2, 0.25) is 5.88 Å². The van der Waals surface area contributed by atoms with Gasteiger partial charge in [0.05, 0.1) is 11.8 Å². The molecule has 0 aliphatic rings. The number of hydrogen-bond acceptors (Lipinski definition) is 7. The van der Waals surface area contributed by atoms with Gasteiger partial charge in [-0.15, -0.1) is 0 Å². The molecule has 0 saturated heterocycles. The average molecular weight is 508 g/mol. The fraction of sp³-hybridized carbons (Fsp3) is 0.0952. The molecule has 0 saturated carbocycles. The predicted octanol–water partition coefficient (Wildman–Crippen LogP) is 4.80. The molecule has 0 aliphatic heterocycles. The molecule has 0 atom stereocenters. The number of halogens is 5. The first-order valence-electron chi connectivity index (χ1n) is 9.67. The van der Waals surface area contributed by atoms with Crippen LogP contribution in [0.3, 0.4) is 0 Å². The second-order valence-electron chi connectivity index (χ2n) is 7.09. The van der Waals surface area contributed by atoms with Crippen molar-refractivity contribution in [2.45, 2.75) is 13.1 Å². The van der Waals surface area contributed by atoms with Gasteiger partial charge in [0.15, 0.2) is 23.1 Å². The number of nitrogens with one attached hydrogen (secondary N) is 1. The Labute approximate surface area is 199 Å². The molecule has 0 fully saturated rings. The summed E-state index contributed by atoms with van der Waals surface area (Å²) in [5.74, 6) is -2.84. The Morgan fingerprint density at radius 3 is 2.57 bits per heavy atom. The lowest BCUT2D eigenvalue weighted by Crippen LogP contribution is -2.21. The number of hydrogen-bond donors (Lipinski definition) is 2. The normalized spacial score (nSPS) is 11.4. The van der Waals surface area contributed by atoms with Gasteiger partial charge in [0.1, 0.15) is 17.2 Å². The number of rotatable bonds is 5. The molecule has 1 amide bonds. The number of carbonyl (C=O) groups excluding carboxylic acids is 1. The lowest BCUT2D eigenvalue weighted by atomic mass is 10.2. The van der Waals surface area contributed by atoms with Crippen LogP contribution in [0.25, 0.3) is 5.82 Å². The third kappa shape index (κ3) is 4.99. The van der Waals surface area contributed by atoms with Gasteiger partial charge in [-0.1, -0.05) is 17.7 Å². The Morgan fingerprint density at radius 2 is 1.91 bits per heavy atom. The largest absolute Gasteiger partial charge is 0.434 e. The second-order valence-corrected chi connectivity index (χ2v) is 7.47. The van der Waals surface area contributed by atoms with Crippen molar-refractivity contribution in [1.29, 1.82) is 0 Å². The third-order valence-corrected chi connectivity index (χ3v) is 4.93. The van der Waals surface area contributed by atoms with E-state index in [0.717, 1.165) is 30.2 Å². The van der Waals surface area contributed by atoms with Gasteiger partial charge in [0, 0.05) is 18.0 Å². The fourth-order valence-corrected chi connectivity index (χ4v) is 3.08. The minimum Gasteiger partial charge on any atom is -0.434 e. The zero-order chi connectivity index (χ0) is 25.3. The molecule has 0 aliphatic carbocycles. The van der Waals surface area contributed by atoms with Gasteiger partial charge >= 0.3 is 6.18 Å². The lowest BCUT2D eigenvalue weighted by Gasteiger charge is -2.13. The van der Waals surface area contributed by atoms with Crippen molar-refractivity contribution < 1.29 is 27.1 Å². The number of amides is 1. The predicted molar refractivity (Wildman–Crippen MR) is 117 cm³/mol. The van der Waals surface area contributed by atoms with Crippen molar-refractivity contribution in [2.75, 3.05) is 11.1 Å². The van der Waals surface area contributed by atoms with Crippen LogP contribution in [-0.2, 0) is 6.18 Å². The Balaban J connectivity index is 1.60. The van der Waals surface area contributed by atoms with Crippen LogP contribution in [0.4, 0.5) is 29.1 Å². The highest BCUT2D eigenvalue weighted by atomic mass is 35.5. The number of nitrogens with zero attached hydrogens (tertiary/aromatic N) is 5. The number of anilines is 2. The number of nitrogens with two attached hydrogens (primary N) is 1. The molecule has 4 rings (SSSR count). The number of alkyl halides is 3. The standard InChI is InChI=1S/C21H14ClF4N7O2/c1-10-2-5-15(28-7-10)33-17(21(24,25)26)12(8-31-33)19(34)32-11-3-4-14(13(23)6-11)35-20-16(22)18(27)29-9-30-20/h2-9H,1H3,(H,32,34)(H2,27,29,30). The van der Waals surface area contributed by atoms with E-state index in [4.69, 9.17) is 22.1 Å². The van der Waals surface area contributed by atoms with E-state index in [1.54, 1.807) is 13.0 Å². The molecule has 3 aromatic heterocycles. The molecule has 0 bridgehead atoms. The summed E-state index contributed by atoms with van der Waals surface area (Å²) in [5, 5.41) is 5.77. The molecule has 0 unspecified atom stereocenters. The summed E-state index contributed by atoms with van der Waals surface area (Å²) >= 11 is 5.91. The smallest absolute Gasteiger partial charge is 0.434 e. The van der Waals surface area contributed by atoms with Crippen LogP contribution < -0.4 is 15.8 Å². The fourth-order valence-electron chi connectivity index (χ4n) is 2.95. The van der Waals surface area contributed by atoms with Crippen LogP contribution in [0.15, 0.2) is 49.1 Å². The van der Waals surface area contributed by atoms with Crippen LogP contribution in [0, 0.1) is 12.7 Å². The van der Waals surface area contributed by atoms with E-state index in [2.05, 4.69) is 25.4 Å². The van der Waals surface area contributed by atoms with Crippen LogP contribution >= 0.6 is 11.6 Å². The maximum Gasteiger partial charge on any atom is 0.434 e. The van der Waals surface area contributed by atoms with Crippen LogP contribution in [0.1, 0.15) is 21.6 Å². The monoisotopic (exact) mass is 507 g/mol. The van der Waals surface area contributed by atoms with E-state index in [1.807, 2.05) is 0 Å². The van der Waals surface area contributed by atoms with E-state index < -0.39 is 29.2 Å². The van der Waals surface area contributed by atoms with Gasteiger partial charge in [0.25, 0.3) is 5.91 Å². The number of carbonyl (C=O) groups is 1. The SMILES string of the molecule is Cc1ccc(-n2ncc(C(=O)Nc3ccc(Oc4ncnc(N)c4Cl)c(F)c3)c2C(F)(F)F)nc1. The van der Waals surface area contributed by atoms with Crippen molar-refractivity contribution >= 4 is 29.0 Å². The number of pyridine rings is 1. The highest BCUT2D eigenvalue weighted by Gasteiger charge is 2.41. The summed E-state index contributed by atoms with van der Waals surface area (Å²) in [6.45, 7) is 1.72. The molecule has 9 nitrogen and oxygen atoms in total. The summed E-state index contributed by atoms with van der Waals surface area (Å²) in [7, 11) is 0. The molecule has 0 spiro atoms. The first kappa shape index (κ1) is 23.9. The third-order valence-electron chi connectivity index (χ3n) is 4.58. The molecule has 1 aromatic carbocycles. The molecule has 0 radical (unpaired) electrons. The van der Waals surface area contributed by atoms with Gasteiger partial charge in [-0.25, -0.2) is 19.0 Å². The number of aromatic nitrogens is 5. The molecule has 14 heteroatoms. The molecule has 3 heterocycles. The highest BCUT2D eigenvalue weighted by molar-refractivity contribution is 6.34. The Bertz CT molecular complexity index is 1410. The topological polar surface area (TPSA) is 121 Å². The highest BCUT2D eigenvalue weighted by Crippen LogP contribution is 2.35. The minimum absolute atomic E-state index is 0.0807. The summed E-state index contributed by atoms with van der Waals surface area (Å²) < 4.78 is 61.8. The zero-order valence-electron chi connectivity index (χ0n) is 17.6. The van der Waals surface area contributed by atoms with E-state index >= 15 is 0 Å². The summed E-state index contributed by atoms with van der Waals surface area (Å²) in [5.41, 5.74) is 4.03. The van der Waals surface area contributed by atoms with Crippen molar-refractivity contribution in [1.82, 2.24) is 24.7 Å². The number of ether oxygens (including phenoxy) is 1. The molecule has 4 aromatic rings. The maximum atomic E-state index is 14.5. The molecular weight excluding hydrogens is 494 g/mol. The van der Waals surface area contributed by atoms with E-state index in [-0.39, 0.29) is 34.0 Å². The van der Waals surface area contributed by atoms with Crippen LogP contribution in [0.5, 0.6) is 11.6 Å². The van der Waals surface area contributed by atoms with Gasteiger partial charge < -0.3 is 15.8 Å². The van der Waals surface area contributed by atoms with E-state index in [9.17, 15) is 22.4 Å².